The van der Waals surface area contributed by atoms with Crippen LogP contribution in [0.1, 0.15) is 124 Å². The van der Waals surface area contributed by atoms with E-state index in [2.05, 4.69) is 46.3 Å². The summed E-state index contributed by atoms with van der Waals surface area (Å²) in [7, 11) is 5.28. The molecule has 4 aliphatic rings. The van der Waals surface area contributed by atoms with Crippen LogP contribution in [0.2, 0.25) is 0 Å². The highest BCUT2D eigenvalue weighted by atomic mass is 16.7. The van der Waals surface area contributed by atoms with E-state index in [1.54, 1.807) is 65.8 Å². The third-order valence-corrected chi connectivity index (χ3v) is 17.2. The zero-order valence-corrected chi connectivity index (χ0v) is 47.9. The highest BCUT2D eigenvalue weighted by Gasteiger charge is 2.53. The molecule has 1 amide bonds. The van der Waals surface area contributed by atoms with E-state index in [9.17, 15) is 35.1 Å². The van der Waals surface area contributed by atoms with Crippen LogP contribution in [0.3, 0.4) is 0 Å². The Bertz CT molecular complexity index is 2170. The summed E-state index contributed by atoms with van der Waals surface area (Å²) >= 11 is 0. The summed E-state index contributed by atoms with van der Waals surface area (Å²) in [5, 5.41) is 62.8. The van der Waals surface area contributed by atoms with Crippen molar-refractivity contribution in [2.24, 2.45) is 17.8 Å². The number of carbonyl (C=O) groups is 2. The van der Waals surface area contributed by atoms with Crippen LogP contribution < -0.4 is 15.0 Å². The first-order valence-electron chi connectivity index (χ1n) is 27.8. The van der Waals surface area contributed by atoms with Crippen molar-refractivity contribution >= 4 is 17.6 Å². The molecule has 0 aliphatic carbocycles. The van der Waals surface area contributed by atoms with Crippen LogP contribution in [0.5, 0.6) is 5.75 Å². The number of amides is 1. The third kappa shape index (κ3) is 14.5. The number of benzene rings is 2. The van der Waals surface area contributed by atoms with Crippen LogP contribution >= 0.6 is 0 Å². The first-order valence-corrected chi connectivity index (χ1v) is 27.8. The molecule has 2 aromatic rings. The highest BCUT2D eigenvalue weighted by molar-refractivity contribution is 5.94. The smallest absolute Gasteiger partial charge is 0.311 e. The summed E-state index contributed by atoms with van der Waals surface area (Å²) in [5.74, 6) is -2.29. The van der Waals surface area contributed by atoms with Gasteiger partial charge in [-0.15, -0.1) is 0 Å². The Morgan fingerprint density at radius 1 is 0.947 bits per heavy atom. The van der Waals surface area contributed by atoms with E-state index >= 15 is 0 Å². The van der Waals surface area contributed by atoms with Crippen LogP contribution in [-0.2, 0) is 39.6 Å². The highest BCUT2D eigenvalue weighted by Crippen LogP contribution is 2.40. The molecular formula is C58H94N4O14. The van der Waals surface area contributed by atoms with E-state index in [1.165, 1.54) is 25.3 Å². The number of likely N-dealkylation sites (N-methyl/N-ethyl adjacent to an activating group) is 2. The molecule has 76 heavy (non-hydrogen) atoms. The lowest BCUT2D eigenvalue weighted by Crippen LogP contribution is -2.61. The lowest BCUT2D eigenvalue weighted by molar-refractivity contribution is -0.318. The number of aliphatic hydroxyl groups excluding tert-OH is 3. The fraction of sp³-hybridized carbons (Fsp3) is 0.759. The minimum Gasteiger partial charge on any atom is -0.494 e. The van der Waals surface area contributed by atoms with Gasteiger partial charge in [0.1, 0.15) is 35.8 Å². The Labute approximate surface area is 452 Å². The molecule has 430 valence electrons. The Hall–Kier alpha value is -3.50. The number of hydrogen-bond acceptors (Lipinski definition) is 17. The van der Waals surface area contributed by atoms with Crippen molar-refractivity contribution in [1.82, 2.24) is 15.1 Å². The van der Waals surface area contributed by atoms with Crippen LogP contribution in [-0.4, -0.2) is 198 Å². The SMILES string of the molecule is CC[C@H]1OC(=O)[C@H](C)[C@@H](O[C@H]2C[C@@](C)(OC)[C@@H](O)C(C)O2)[C@H](C)[C@@H](O[C@@H]2O[C@H](C)C[C@H](N(C)CCCOc3ccc(C(=O)NC[C@@H](C)N4CCc5ccccc54)cc3)[C@H]2O)[C@](C)(O)C[C@@H](C)CN(C)[C@H](C)[C@@H](O)[C@]1(C)O. The van der Waals surface area contributed by atoms with E-state index in [0.717, 1.165) is 13.0 Å². The quantitative estimate of drug-likeness (QED) is 0.0970. The van der Waals surface area contributed by atoms with Gasteiger partial charge < -0.3 is 78.7 Å². The number of nitrogens with one attached hydrogen (secondary N) is 1. The molecule has 3 saturated heterocycles. The van der Waals surface area contributed by atoms with Crippen molar-refractivity contribution in [2.75, 3.05) is 58.9 Å². The van der Waals surface area contributed by atoms with Crippen molar-refractivity contribution < 1.29 is 68.3 Å². The molecule has 19 atom stereocenters. The van der Waals surface area contributed by atoms with Crippen LogP contribution in [0.4, 0.5) is 5.69 Å². The monoisotopic (exact) mass is 1070 g/mol. The molecule has 6 N–H and O–H groups in total. The molecule has 0 spiro atoms. The number of rotatable bonds is 16. The molecule has 18 heteroatoms. The number of fused-ring (bicyclic) bond motifs is 1. The number of para-hydroxylation sites is 1. The predicted octanol–water partition coefficient (Wildman–Crippen LogP) is 4.92. The molecule has 0 aromatic heterocycles. The predicted molar refractivity (Wildman–Crippen MR) is 289 cm³/mol. The molecule has 2 aromatic carbocycles. The zero-order chi connectivity index (χ0) is 56.0. The molecule has 6 rings (SSSR count). The molecule has 0 bridgehead atoms. The fourth-order valence-corrected chi connectivity index (χ4v) is 12.3. The van der Waals surface area contributed by atoms with Crippen molar-refractivity contribution in [3.05, 3.63) is 59.7 Å². The van der Waals surface area contributed by atoms with Crippen molar-refractivity contribution in [3.8, 4) is 5.75 Å². The van der Waals surface area contributed by atoms with E-state index < -0.39 is 102 Å². The van der Waals surface area contributed by atoms with Crippen molar-refractivity contribution in [2.45, 2.75) is 211 Å². The number of methoxy groups -OCH3 is 1. The summed E-state index contributed by atoms with van der Waals surface area (Å²) in [5.41, 5.74) is -1.42. The van der Waals surface area contributed by atoms with Crippen LogP contribution in [0, 0.1) is 17.8 Å². The maximum atomic E-state index is 14.5. The Morgan fingerprint density at radius 2 is 1.63 bits per heavy atom. The largest absolute Gasteiger partial charge is 0.494 e. The molecule has 1 unspecified atom stereocenters. The van der Waals surface area contributed by atoms with Crippen molar-refractivity contribution in [3.63, 3.8) is 0 Å². The second kappa shape index (κ2) is 26.2. The number of anilines is 1. The maximum Gasteiger partial charge on any atom is 0.311 e. The average molecular weight is 1070 g/mol. The standard InChI is InChI=1S/C58H94N4O14/c1-15-46-58(11,69)50(64)39(7)61(13)33-34(2)30-56(9,68)52(37(5)49(38(6)54(67)74-46)75-47-31-57(10,70-14)51(65)40(8)73-47)76-55-48(63)45(29-36(4)72-55)60(12)26-18-28-71-43-23-21-42(22-24-43)53(66)59-32-35(3)62-27-25-41-19-16-17-20-44(41)62/h16-17,19-24,34-40,45-52,55,63-65,68-69H,15,18,25-33H2,1-14H3,(H,59,66)/t34-,35-,36-,37+,38-,39-,40?,45+,46-,47+,48-,49+,50-,51+,52-,55+,56-,57-,58-/m1/s1. The lowest BCUT2D eigenvalue weighted by Gasteiger charge is -2.49. The first kappa shape index (κ1) is 61.7. The Kier molecular flexibility index (Phi) is 21.3. The number of cyclic esters (lactones) is 1. The fourth-order valence-electron chi connectivity index (χ4n) is 12.3. The van der Waals surface area contributed by atoms with E-state index in [1.807, 2.05) is 39.8 Å². The van der Waals surface area contributed by atoms with Gasteiger partial charge in [-0.05, 0) is 143 Å². The van der Waals surface area contributed by atoms with Gasteiger partial charge in [-0.3, -0.25) is 9.59 Å². The molecule has 3 fully saturated rings. The number of esters is 1. The number of aliphatic hydroxyl groups is 5. The first-order chi connectivity index (χ1) is 35.7. The lowest BCUT2D eigenvalue weighted by atomic mass is 9.77. The number of nitrogens with zero attached hydrogens (tertiary/aromatic N) is 3. The average Bonchev–Trinajstić information content (AvgIpc) is 3.82. The van der Waals surface area contributed by atoms with E-state index in [-0.39, 0.29) is 43.2 Å². The van der Waals surface area contributed by atoms with Crippen molar-refractivity contribution in [1.29, 1.82) is 0 Å². The van der Waals surface area contributed by atoms with Gasteiger partial charge in [0.25, 0.3) is 5.91 Å². The molecule has 4 heterocycles. The summed E-state index contributed by atoms with van der Waals surface area (Å²) in [6.45, 7) is 22.5. The normalized spacial score (nSPS) is 38.7. The molecular weight excluding hydrogens is 977 g/mol. The van der Waals surface area contributed by atoms with Crippen LogP contribution in [0.25, 0.3) is 0 Å². The minimum absolute atomic E-state index is 0.100. The van der Waals surface area contributed by atoms with E-state index in [0.29, 0.717) is 50.4 Å². The van der Waals surface area contributed by atoms with Gasteiger partial charge in [0, 0.05) is 75.0 Å². The molecule has 18 nitrogen and oxygen atoms in total. The summed E-state index contributed by atoms with van der Waals surface area (Å²) in [6.07, 6.45) is -7.42. The Morgan fingerprint density at radius 3 is 2.30 bits per heavy atom. The zero-order valence-electron chi connectivity index (χ0n) is 47.9. The number of ether oxygens (including phenoxy) is 7. The second-order valence-corrected chi connectivity index (χ2v) is 23.5. The number of hydrogen-bond donors (Lipinski definition) is 6. The summed E-state index contributed by atoms with van der Waals surface area (Å²) < 4.78 is 44.4. The third-order valence-electron chi connectivity index (χ3n) is 17.2. The van der Waals surface area contributed by atoms with Crippen LogP contribution in [0.15, 0.2) is 48.5 Å². The topological polar surface area (TPSA) is 222 Å². The molecule has 0 radical (unpaired) electrons. The summed E-state index contributed by atoms with van der Waals surface area (Å²) in [4.78, 5) is 33.9. The van der Waals surface area contributed by atoms with Gasteiger partial charge in [-0.2, -0.15) is 0 Å². The van der Waals surface area contributed by atoms with Gasteiger partial charge in [0.2, 0.25) is 0 Å². The van der Waals surface area contributed by atoms with Gasteiger partial charge >= 0.3 is 5.97 Å². The molecule has 0 saturated carbocycles. The van der Waals surface area contributed by atoms with Gasteiger partial charge in [0.05, 0.1) is 48.1 Å². The van der Waals surface area contributed by atoms with Gasteiger partial charge in [-0.1, -0.05) is 39.0 Å². The number of carbonyl (C=O) groups excluding carboxylic acids is 2. The molecule has 4 aliphatic heterocycles. The van der Waals surface area contributed by atoms with E-state index in [4.69, 9.17) is 33.2 Å². The summed E-state index contributed by atoms with van der Waals surface area (Å²) in [6, 6.07) is 14.7. The Balaban J connectivity index is 1.16. The van der Waals surface area contributed by atoms with Gasteiger partial charge in [-0.25, -0.2) is 0 Å². The maximum absolute atomic E-state index is 14.5. The minimum atomic E-state index is -1.84. The van der Waals surface area contributed by atoms with Gasteiger partial charge in [0.15, 0.2) is 12.6 Å². The second-order valence-electron chi connectivity index (χ2n) is 23.5.